The molecule has 2 rings (SSSR count). The summed E-state index contributed by atoms with van der Waals surface area (Å²) in [5.41, 5.74) is -0.876. The van der Waals surface area contributed by atoms with Crippen LogP contribution in [0, 0.1) is 0 Å². The Balaban J connectivity index is 1.95. The van der Waals surface area contributed by atoms with Crippen LogP contribution in [0.4, 0.5) is 0 Å². The van der Waals surface area contributed by atoms with Gasteiger partial charge in [-0.25, -0.2) is 9.59 Å². The highest BCUT2D eigenvalue weighted by Crippen LogP contribution is 2.01. The maximum absolute atomic E-state index is 12.0. The molecule has 1 amide bonds. The van der Waals surface area contributed by atoms with Gasteiger partial charge >= 0.3 is 11.7 Å². The highest BCUT2D eigenvalue weighted by atomic mass is 16.5. The molecule has 1 unspecified atom stereocenters. The van der Waals surface area contributed by atoms with E-state index in [2.05, 4.69) is 5.32 Å². The van der Waals surface area contributed by atoms with Crippen LogP contribution in [-0.2, 0) is 35.0 Å². The first-order valence-corrected chi connectivity index (χ1v) is 7.75. The van der Waals surface area contributed by atoms with Crippen LogP contribution in [-0.4, -0.2) is 27.1 Å². The molecule has 0 spiro atoms. The number of hydrogen-bond acceptors (Lipinski definition) is 6. The fourth-order valence-electron chi connectivity index (χ4n) is 2.11. The quantitative estimate of drug-likeness (QED) is 0.570. The van der Waals surface area contributed by atoms with E-state index < -0.39 is 29.2 Å². The van der Waals surface area contributed by atoms with E-state index in [-0.39, 0.29) is 12.1 Å². The normalized spacial score (nSPS) is 12.1. The number of ether oxygens (including phenoxy) is 1. The van der Waals surface area contributed by atoms with Crippen molar-refractivity contribution in [3.63, 3.8) is 0 Å². The number of amides is 1. The van der Waals surface area contributed by atoms with Gasteiger partial charge in [0, 0.05) is 26.4 Å². The molecule has 0 aromatic carbocycles. The monoisotopic (exact) mass is 361 g/mol. The molecule has 9 nitrogen and oxygen atoms in total. The van der Waals surface area contributed by atoms with E-state index in [4.69, 9.17) is 9.15 Å². The van der Waals surface area contributed by atoms with Gasteiger partial charge in [-0.15, -0.1) is 0 Å². The summed E-state index contributed by atoms with van der Waals surface area (Å²) in [7, 11) is 2.83. The molecular weight excluding hydrogens is 342 g/mol. The molecule has 0 aliphatic carbocycles. The van der Waals surface area contributed by atoms with E-state index in [0.29, 0.717) is 5.76 Å². The molecule has 1 atom stereocenters. The van der Waals surface area contributed by atoms with Crippen LogP contribution in [0.25, 0.3) is 6.08 Å². The molecule has 0 saturated heterocycles. The molecule has 0 saturated carbocycles. The summed E-state index contributed by atoms with van der Waals surface area (Å²) < 4.78 is 12.2. The first-order valence-electron chi connectivity index (χ1n) is 7.75. The second-order valence-corrected chi connectivity index (χ2v) is 5.55. The zero-order valence-corrected chi connectivity index (χ0v) is 14.6. The number of furan rings is 1. The van der Waals surface area contributed by atoms with Crippen LogP contribution in [0.3, 0.4) is 0 Å². The number of nitrogens with one attached hydrogen (secondary N) is 1. The predicted molar refractivity (Wildman–Crippen MR) is 92.1 cm³/mol. The Hall–Kier alpha value is -3.36. The van der Waals surface area contributed by atoms with Crippen LogP contribution in [0.1, 0.15) is 18.2 Å². The predicted octanol–water partition coefficient (Wildman–Crippen LogP) is -0.0617. The fraction of sp³-hybridized carbons (Fsp3) is 0.294. The summed E-state index contributed by atoms with van der Waals surface area (Å²) in [5, 5.41) is 2.57. The lowest BCUT2D eigenvalue weighted by molar-refractivity contribution is -0.150. The first kappa shape index (κ1) is 19.0. The van der Waals surface area contributed by atoms with Gasteiger partial charge in [0.1, 0.15) is 5.76 Å². The summed E-state index contributed by atoms with van der Waals surface area (Å²) in [6, 6.07) is 3.40. The first-order chi connectivity index (χ1) is 12.3. The van der Waals surface area contributed by atoms with Crippen LogP contribution < -0.4 is 16.6 Å². The van der Waals surface area contributed by atoms with Gasteiger partial charge in [0.05, 0.1) is 18.4 Å². The summed E-state index contributed by atoms with van der Waals surface area (Å²) in [5.74, 6) is -0.704. The van der Waals surface area contributed by atoms with E-state index in [0.717, 1.165) is 10.6 Å². The fourth-order valence-corrected chi connectivity index (χ4v) is 2.11. The number of rotatable bonds is 6. The summed E-state index contributed by atoms with van der Waals surface area (Å²) >= 11 is 0. The van der Waals surface area contributed by atoms with Crippen molar-refractivity contribution < 1.29 is 18.7 Å². The topological polar surface area (TPSA) is 113 Å². The largest absolute Gasteiger partial charge is 0.467 e. The smallest absolute Gasteiger partial charge is 0.331 e. The Bertz CT molecular complexity index is 936. The van der Waals surface area contributed by atoms with Crippen molar-refractivity contribution in [3.8, 4) is 0 Å². The summed E-state index contributed by atoms with van der Waals surface area (Å²) in [6.07, 6.45) is 4.03. The Labute approximate surface area is 148 Å². The number of carbonyl (C=O) groups is 2. The van der Waals surface area contributed by atoms with Crippen LogP contribution in [0.2, 0.25) is 0 Å². The van der Waals surface area contributed by atoms with Crippen LogP contribution in [0.15, 0.2) is 44.7 Å². The van der Waals surface area contributed by atoms with Crippen molar-refractivity contribution >= 4 is 18.0 Å². The van der Waals surface area contributed by atoms with Crippen molar-refractivity contribution in [3.05, 3.63) is 62.8 Å². The highest BCUT2D eigenvalue weighted by molar-refractivity contribution is 5.90. The highest BCUT2D eigenvalue weighted by Gasteiger charge is 2.16. The molecule has 2 aromatic heterocycles. The zero-order chi connectivity index (χ0) is 19.3. The Morgan fingerprint density at radius 2 is 2.08 bits per heavy atom. The van der Waals surface area contributed by atoms with E-state index in [1.165, 1.54) is 44.1 Å². The number of nitrogens with zero attached hydrogens (tertiary/aromatic N) is 2. The molecule has 26 heavy (non-hydrogen) atoms. The third-order valence-corrected chi connectivity index (χ3v) is 3.55. The number of carbonyl (C=O) groups excluding carboxylic acids is 2. The minimum atomic E-state index is -1.02. The molecule has 2 aromatic rings. The van der Waals surface area contributed by atoms with Crippen molar-refractivity contribution in [1.82, 2.24) is 14.5 Å². The summed E-state index contributed by atoms with van der Waals surface area (Å²) in [4.78, 5) is 47.3. The molecular formula is C17H19N3O6. The Kier molecular flexibility index (Phi) is 5.94. The molecule has 1 N–H and O–H groups in total. The number of hydrogen-bond donors (Lipinski definition) is 1. The van der Waals surface area contributed by atoms with Gasteiger partial charge in [0.25, 0.3) is 11.5 Å². The van der Waals surface area contributed by atoms with Gasteiger partial charge in [-0.1, -0.05) is 0 Å². The van der Waals surface area contributed by atoms with Crippen LogP contribution >= 0.6 is 0 Å². The minimum Gasteiger partial charge on any atom is -0.467 e. The molecule has 9 heteroatoms. The van der Waals surface area contributed by atoms with Gasteiger partial charge in [0.2, 0.25) is 0 Å². The van der Waals surface area contributed by atoms with Gasteiger partial charge in [-0.05, 0) is 25.1 Å². The van der Waals surface area contributed by atoms with Gasteiger partial charge in [-0.3, -0.25) is 14.2 Å². The minimum absolute atomic E-state index is 0.140. The lowest BCUT2D eigenvalue weighted by atomic mass is 10.3. The molecule has 0 aliphatic heterocycles. The van der Waals surface area contributed by atoms with Crippen LogP contribution in [0.5, 0.6) is 0 Å². The maximum Gasteiger partial charge on any atom is 0.331 e. The zero-order valence-electron chi connectivity index (χ0n) is 14.6. The average Bonchev–Trinajstić information content (AvgIpc) is 3.13. The number of aromatic nitrogens is 2. The van der Waals surface area contributed by atoms with Crippen molar-refractivity contribution in [1.29, 1.82) is 0 Å². The molecule has 0 fully saturated rings. The van der Waals surface area contributed by atoms with Gasteiger partial charge in [0.15, 0.2) is 6.10 Å². The van der Waals surface area contributed by atoms with E-state index in [9.17, 15) is 19.2 Å². The van der Waals surface area contributed by atoms with Crippen molar-refractivity contribution in [2.24, 2.45) is 14.1 Å². The Morgan fingerprint density at radius 3 is 2.73 bits per heavy atom. The average molecular weight is 361 g/mol. The van der Waals surface area contributed by atoms with Crippen molar-refractivity contribution in [2.45, 2.75) is 19.6 Å². The molecule has 0 radical (unpaired) electrons. The van der Waals surface area contributed by atoms with E-state index in [1.54, 1.807) is 12.1 Å². The SMILES string of the molecule is CC(OC(=O)/C=C/c1cn(C)c(=O)n(C)c1=O)C(=O)NCc1ccco1. The maximum atomic E-state index is 12.0. The number of esters is 1. The Morgan fingerprint density at radius 1 is 1.35 bits per heavy atom. The molecule has 2 heterocycles. The standard InChI is InChI=1S/C17H19N3O6/c1-11(15(22)18-9-13-5-4-8-25-13)26-14(21)7-6-12-10-19(2)17(24)20(3)16(12)23/h4-8,10-11H,9H2,1-3H3,(H,18,22)/b7-6+. The second kappa shape index (κ2) is 8.15. The van der Waals surface area contributed by atoms with Gasteiger partial charge < -0.3 is 19.0 Å². The second-order valence-electron chi connectivity index (χ2n) is 5.55. The van der Waals surface area contributed by atoms with Crippen molar-refractivity contribution in [2.75, 3.05) is 0 Å². The third-order valence-electron chi connectivity index (χ3n) is 3.55. The van der Waals surface area contributed by atoms with E-state index >= 15 is 0 Å². The number of aryl methyl sites for hydroxylation is 1. The molecule has 0 bridgehead atoms. The third kappa shape index (κ3) is 4.59. The molecule has 0 aliphatic rings. The lowest BCUT2D eigenvalue weighted by Crippen LogP contribution is -2.37. The van der Waals surface area contributed by atoms with E-state index in [1.807, 2.05) is 0 Å². The summed E-state index contributed by atoms with van der Waals surface area (Å²) in [6.45, 7) is 1.60. The lowest BCUT2D eigenvalue weighted by Gasteiger charge is -2.11. The van der Waals surface area contributed by atoms with Gasteiger partial charge in [-0.2, -0.15) is 0 Å². The molecule has 138 valence electrons.